The monoisotopic (exact) mass is 373 g/mol. The van der Waals surface area contributed by atoms with Gasteiger partial charge in [-0.15, -0.1) is 0 Å². The molecular weight excluding hydrogens is 354 g/mol. The van der Waals surface area contributed by atoms with Crippen molar-refractivity contribution in [3.8, 4) is 5.75 Å². The van der Waals surface area contributed by atoms with Crippen LogP contribution in [0, 0.1) is 0 Å². The van der Waals surface area contributed by atoms with Gasteiger partial charge in [0, 0.05) is 10.5 Å². The van der Waals surface area contributed by atoms with Gasteiger partial charge in [-0.25, -0.2) is 0 Å². The molecule has 1 aliphatic carbocycles. The topological polar surface area (TPSA) is 38.3 Å². The van der Waals surface area contributed by atoms with Crippen molar-refractivity contribution in [1.29, 1.82) is 0 Å². The van der Waals surface area contributed by atoms with Crippen LogP contribution >= 0.6 is 27.5 Å². The molecule has 116 valence electrons. The molecule has 0 atom stereocenters. The summed E-state index contributed by atoms with van der Waals surface area (Å²) in [6.07, 6.45) is 8.42. The van der Waals surface area contributed by atoms with Crippen LogP contribution in [0.2, 0.25) is 5.02 Å². The molecule has 1 fully saturated rings. The van der Waals surface area contributed by atoms with Crippen LogP contribution in [0.25, 0.3) is 0 Å². The Hall–Kier alpha value is -0.740. The summed E-state index contributed by atoms with van der Waals surface area (Å²) in [5.41, 5.74) is 0. The Morgan fingerprint density at radius 3 is 2.57 bits per heavy atom. The second-order valence-electron chi connectivity index (χ2n) is 5.47. The van der Waals surface area contributed by atoms with Gasteiger partial charge in [-0.3, -0.25) is 4.79 Å². The number of hydrogen-bond donors (Lipinski definition) is 1. The summed E-state index contributed by atoms with van der Waals surface area (Å²) < 4.78 is 6.37. The molecule has 1 aliphatic rings. The van der Waals surface area contributed by atoms with E-state index < -0.39 is 0 Å². The fourth-order valence-electron chi connectivity index (χ4n) is 2.61. The summed E-state index contributed by atoms with van der Waals surface area (Å²) in [5.74, 6) is 0.465. The van der Waals surface area contributed by atoms with Gasteiger partial charge in [0.15, 0.2) is 6.61 Å². The highest BCUT2D eigenvalue weighted by molar-refractivity contribution is 9.10. The smallest absolute Gasteiger partial charge is 0.258 e. The van der Waals surface area contributed by atoms with E-state index in [-0.39, 0.29) is 12.5 Å². The number of nitrogens with one attached hydrogen (secondary N) is 1. The minimum atomic E-state index is -0.0699. The van der Waals surface area contributed by atoms with Crippen molar-refractivity contribution in [3.63, 3.8) is 0 Å². The van der Waals surface area contributed by atoms with Gasteiger partial charge in [-0.05, 0) is 31.0 Å². The van der Waals surface area contributed by atoms with Crippen LogP contribution in [0.15, 0.2) is 22.7 Å². The summed E-state index contributed by atoms with van der Waals surface area (Å²) in [4.78, 5) is 12.0. The van der Waals surface area contributed by atoms with E-state index in [0.717, 1.165) is 17.3 Å². The molecule has 5 heteroatoms. The Labute approximate surface area is 139 Å². The zero-order valence-corrected chi connectivity index (χ0v) is 14.4. The second kappa shape index (κ2) is 8.64. The molecule has 0 bridgehead atoms. The van der Waals surface area contributed by atoms with Crippen LogP contribution in [-0.2, 0) is 4.79 Å². The minimum absolute atomic E-state index is 0.0118. The Morgan fingerprint density at radius 2 is 1.90 bits per heavy atom. The van der Waals surface area contributed by atoms with Crippen LogP contribution in [-0.4, -0.2) is 18.6 Å². The van der Waals surface area contributed by atoms with E-state index in [9.17, 15) is 4.79 Å². The summed E-state index contributed by atoms with van der Waals surface area (Å²) in [5, 5.41) is 3.57. The molecule has 0 aliphatic heterocycles. The summed E-state index contributed by atoms with van der Waals surface area (Å²) >= 11 is 9.39. The predicted molar refractivity (Wildman–Crippen MR) is 88.9 cm³/mol. The van der Waals surface area contributed by atoms with Gasteiger partial charge in [-0.1, -0.05) is 59.6 Å². The number of carbonyl (C=O) groups is 1. The van der Waals surface area contributed by atoms with Crippen LogP contribution in [0.5, 0.6) is 5.75 Å². The van der Waals surface area contributed by atoms with Crippen LogP contribution < -0.4 is 10.1 Å². The van der Waals surface area contributed by atoms with Crippen LogP contribution in [0.1, 0.15) is 44.9 Å². The van der Waals surface area contributed by atoms with Gasteiger partial charge < -0.3 is 10.1 Å². The first kappa shape index (κ1) is 16.6. The first-order valence-corrected chi connectivity index (χ1v) is 8.69. The summed E-state index contributed by atoms with van der Waals surface area (Å²) in [6, 6.07) is 5.65. The number of amides is 1. The molecule has 0 radical (unpaired) electrons. The van der Waals surface area contributed by atoms with Crippen LogP contribution in [0.3, 0.4) is 0 Å². The molecule has 0 heterocycles. The first-order valence-electron chi connectivity index (χ1n) is 7.52. The quantitative estimate of drug-likeness (QED) is 0.829. The molecule has 1 saturated carbocycles. The zero-order chi connectivity index (χ0) is 15.1. The highest BCUT2D eigenvalue weighted by Crippen LogP contribution is 2.27. The molecule has 1 aromatic rings. The highest BCUT2D eigenvalue weighted by atomic mass is 79.9. The fraction of sp³-hybridized carbons (Fsp3) is 0.562. The molecule has 0 spiro atoms. The van der Waals surface area contributed by atoms with Gasteiger partial charge in [0.05, 0.1) is 5.02 Å². The fourth-order valence-corrected chi connectivity index (χ4v) is 3.33. The number of hydrogen-bond acceptors (Lipinski definition) is 2. The Balaban J connectivity index is 1.78. The average molecular weight is 375 g/mol. The molecule has 1 amide bonds. The van der Waals surface area contributed by atoms with Gasteiger partial charge in [0.2, 0.25) is 0 Å². The van der Waals surface area contributed by atoms with E-state index >= 15 is 0 Å². The lowest BCUT2D eigenvalue weighted by Gasteiger charge is -2.21. The van der Waals surface area contributed by atoms with Gasteiger partial charge in [0.1, 0.15) is 5.75 Å². The lowest BCUT2D eigenvalue weighted by atomic mass is 9.97. The van der Waals surface area contributed by atoms with Gasteiger partial charge >= 0.3 is 0 Å². The van der Waals surface area contributed by atoms with E-state index in [4.69, 9.17) is 16.3 Å². The Bertz CT molecular complexity index is 473. The third-order valence-corrected chi connectivity index (χ3v) is 4.51. The normalized spacial score (nSPS) is 16.9. The molecule has 3 nitrogen and oxygen atoms in total. The lowest BCUT2D eigenvalue weighted by Crippen LogP contribution is -2.38. The largest absolute Gasteiger partial charge is 0.482 e. The van der Waals surface area contributed by atoms with Crippen molar-refractivity contribution in [2.75, 3.05) is 6.61 Å². The van der Waals surface area contributed by atoms with E-state index in [1.807, 2.05) is 6.07 Å². The molecule has 0 saturated heterocycles. The maximum Gasteiger partial charge on any atom is 0.258 e. The molecule has 0 aromatic heterocycles. The van der Waals surface area contributed by atoms with Crippen molar-refractivity contribution < 1.29 is 9.53 Å². The second-order valence-corrected chi connectivity index (χ2v) is 6.80. The zero-order valence-electron chi connectivity index (χ0n) is 12.0. The average Bonchev–Trinajstić information content (AvgIpc) is 2.41. The molecule has 0 unspecified atom stereocenters. The number of carbonyl (C=O) groups excluding carboxylic acids is 1. The van der Waals surface area contributed by atoms with E-state index in [2.05, 4.69) is 21.2 Å². The molecule has 21 heavy (non-hydrogen) atoms. The SMILES string of the molecule is O=C(COc1ccc(Br)cc1Cl)NC1CCCCCCC1. The third-order valence-electron chi connectivity index (χ3n) is 3.72. The van der Waals surface area contributed by atoms with Crippen molar-refractivity contribution in [3.05, 3.63) is 27.7 Å². The summed E-state index contributed by atoms with van der Waals surface area (Å²) in [7, 11) is 0. The van der Waals surface area contributed by atoms with Crippen molar-refractivity contribution in [1.82, 2.24) is 5.32 Å². The van der Waals surface area contributed by atoms with Crippen molar-refractivity contribution in [2.45, 2.75) is 51.0 Å². The van der Waals surface area contributed by atoms with Gasteiger partial charge in [-0.2, -0.15) is 0 Å². The first-order chi connectivity index (χ1) is 10.1. The van der Waals surface area contributed by atoms with Crippen molar-refractivity contribution >= 4 is 33.4 Å². The van der Waals surface area contributed by atoms with Crippen molar-refractivity contribution in [2.24, 2.45) is 0 Å². The number of halogens is 2. The van der Waals surface area contributed by atoms with E-state index in [0.29, 0.717) is 16.8 Å². The Morgan fingerprint density at radius 1 is 1.24 bits per heavy atom. The molecule has 1 aromatic carbocycles. The van der Waals surface area contributed by atoms with Gasteiger partial charge in [0.25, 0.3) is 5.91 Å². The standard InChI is InChI=1S/C16H21BrClNO2/c17-12-8-9-15(14(18)10-12)21-11-16(20)19-13-6-4-2-1-3-5-7-13/h8-10,13H,1-7,11H2,(H,19,20). The molecule has 1 N–H and O–H groups in total. The maximum atomic E-state index is 12.0. The van der Waals surface area contributed by atoms with E-state index in [1.54, 1.807) is 12.1 Å². The highest BCUT2D eigenvalue weighted by Gasteiger charge is 2.14. The summed E-state index contributed by atoms with van der Waals surface area (Å²) in [6.45, 7) is 0.0118. The number of ether oxygens (including phenoxy) is 1. The number of benzene rings is 1. The third kappa shape index (κ3) is 5.87. The molecular formula is C16H21BrClNO2. The Kier molecular flexibility index (Phi) is 6.84. The van der Waals surface area contributed by atoms with E-state index in [1.165, 1.54) is 32.1 Å². The number of rotatable bonds is 4. The predicted octanol–water partition coefficient (Wildman–Crippen LogP) is 4.71. The van der Waals surface area contributed by atoms with Crippen LogP contribution in [0.4, 0.5) is 0 Å². The minimum Gasteiger partial charge on any atom is -0.482 e. The lowest BCUT2D eigenvalue weighted by molar-refractivity contribution is -0.123. The molecule has 2 rings (SSSR count). The maximum absolute atomic E-state index is 12.0.